The number of aliphatic hydroxyl groups excluding tert-OH is 1. The van der Waals surface area contributed by atoms with Crippen LogP contribution in [0.4, 0.5) is 0 Å². The predicted molar refractivity (Wildman–Crippen MR) is 114 cm³/mol. The van der Waals surface area contributed by atoms with E-state index in [1.807, 2.05) is 36.4 Å². The number of para-hydroxylation sites is 1. The number of aliphatic imine (C=N–C) groups is 1. The Kier molecular flexibility index (Phi) is 7.19. The summed E-state index contributed by atoms with van der Waals surface area (Å²) < 4.78 is 1.24. The fourth-order valence-electron chi connectivity index (χ4n) is 2.93. The van der Waals surface area contributed by atoms with Crippen molar-refractivity contribution in [2.24, 2.45) is 4.99 Å². The van der Waals surface area contributed by atoms with Crippen molar-refractivity contribution < 1.29 is 5.11 Å². The zero-order valence-corrected chi connectivity index (χ0v) is 16.4. The number of rotatable bonds is 8. The maximum atomic E-state index is 9.66. The Labute approximate surface area is 164 Å². The molecule has 27 heavy (non-hydrogen) atoms. The van der Waals surface area contributed by atoms with Crippen LogP contribution in [0.15, 0.2) is 59.6 Å². The molecular weight excluding hydrogens is 356 g/mol. The Bertz CT molecular complexity index is 830. The van der Waals surface area contributed by atoms with E-state index < -0.39 is 0 Å². The van der Waals surface area contributed by atoms with Crippen LogP contribution in [0, 0.1) is 0 Å². The molecule has 1 heterocycles. The van der Waals surface area contributed by atoms with E-state index in [1.165, 1.54) is 9.71 Å². The molecule has 142 valence electrons. The predicted octanol–water partition coefficient (Wildman–Crippen LogP) is 3.17. The lowest BCUT2D eigenvalue weighted by Gasteiger charge is -2.18. The summed E-state index contributed by atoms with van der Waals surface area (Å²) in [4.78, 5) is 8.94. The van der Waals surface area contributed by atoms with Gasteiger partial charge in [0.1, 0.15) is 0 Å². The first-order chi connectivity index (χ1) is 13.3. The lowest BCUT2D eigenvalue weighted by atomic mass is 10.0. The highest BCUT2D eigenvalue weighted by Gasteiger charge is 2.10. The minimum atomic E-state index is 0.0486. The zero-order chi connectivity index (χ0) is 18.9. The van der Waals surface area contributed by atoms with Crippen LogP contribution in [0.3, 0.4) is 0 Å². The first kappa shape index (κ1) is 19.3. The number of nitrogens with zero attached hydrogens (tertiary/aromatic N) is 2. The quantitative estimate of drug-likeness (QED) is 0.318. The second kappa shape index (κ2) is 10.0. The first-order valence-corrected chi connectivity index (χ1v) is 10.1. The van der Waals surface area contributed by atoms with Gasteiger partial charge in [0.2, 0.25) is 0 Å². The summed E-state index contributed by atoms with van der Waals surface area (Å²) in [5.41, 5.74) is 2.21. The number of aromatic nitrogens is 1. The number of aliphatic hydroxyl groups is 1. The van der Waals surface area contributed by atoms with Gasteiger partial charge in [-0.05, 0) is 24.1 Å². The molecule has 0 aliphatic heterocycles. The van der Waals surface area contributed by atoms with E-state index in [2.05, 4.69) is 38.8 Å². The number of aryl methyl sites for hydroxylation is 1. The number of benzene rings is 2. The third-order valence-electron chi connectivity index (χ3n) is 4.43. The molecule has 0 bridgehead atoms. The first-order valence-electron chi connectivity index (χ1n) is 9.25. The molecule has 0 radical (unpaired) electrons. The van der Waals surface area contributed by atoms with Crippen LogP contribution in [0.2, 0.25) is 0 Å². The fourth-order valence-corrected chi connectivity index (χ4v) is 3.94. The molecule has 1 aromatic heterocycles. The van der Waals surface area contributed by atoms with Gasteiger partial charge >= 0.3 is 0 Å². The van der Waals surface area contributed by atoms with Crippen molar-refractivity contribution in [3.63, 3.8) is 0 Å². The highest BCUT2D eigenvalue weighted by molar-refractivity contribution is 7.18. The number of thiazole rings is 1. The van der Waals surface area contributed by atoms with Crippen LogP contribution >= 0.6 is 11.3 Å². The summed E-state index contributed by atoms with van der Waals surface area (Å²) in [7, 11) is 1.76. The van der Waals surface area contributed by atoms with Gasteiger partial charge in [0.25, 0.3) is 0 Å². The van der Waals surface area contributed by atoms with Gasteiger partial charge in [0.15, 0.2) is 5.96 Å². The van der Waals surface area contributed by atoms with Crippen LogP contribution in [-0.4, -0.2) is 42.8 Å². The van der Waals surface area contributed by atoms with Crippen LogP contribution in [0.1, 0.15) is 22.9 Å². The van der Waals surface area contributed by atoms with Gasteiger partial charge in [-0.2, -0.15) is 0 Å². The Morgan fingerprint density at radius 2 is 1.89 bits per heavy atom. The lowest BCUT2D eigenvalue weighted by Crippen LogP contribution is -2.40. The molecule has 0 fully saturated rings. The van der Waals surface area contributed by atoms with Gasteiger partial charge in [-0.25, -0.2) is 4.98 Å². The molecule has 5 nitrogen and oxygen atoms in total. The largest absolute Gasteiger partial charge is 0.396 e. The molecule has 2 aromatic carbocycles. The number of hydrogen-bond acceptors (Lipinski definition) is 4. The van der Waals surface area contributed by atoms with Gasteiger partial charge in [-0.3, -0.25) is 4.99 Å². The molecule has 0 aliphatic rings. The molecule has 0 saturated carbocycles. The summed E-state index contributed by atoms with van der Waals surface area (Å²) in [5, 5.41) is 17.5. The fraction of sp³-hybridized carbons (Fsp3) is 0.333. The zero-order valence-electron chi connectivity index (χ0n) is 15.6. The molecule has 0 saturated heterocycles. The van der Waals surface area contributed by atoms with Gasteiger partial charge in [0.05, 0.1) is 21.8 Å². The van der Waals surface area contributed by atoms with E-state index in [0.29, 0.717) is 6.54 Å². The Morgan fingerprint density at radius 1 is 1.11 bits per heavy atom. The minimum absolute atomic E-state index is 0.0486. The average molecular weight is 383 g/mol. The minimum Gasteiger partial charge on any atom is -0.396 e. The Morgan fingerprint density at radius 3 is 2.63 bits per heavy atom. The van der Waals surface area contributed by atoms with Gasteiger partial charge < -0.3 is 15.7 Å². The highest BCUT2D eigenvalue weighted by Crippen LogP contribution is 2.22. The van der Waals surface area contributed by atoms with E-state index in [0.717, 1.165) is 36.4 Å². The standard InChI is InChI=1S/C21H26N4OS/c1-22-21(24-14-17(15-26)16-8-3-2-4-9-16)23-13-7-12-20-25-18-10-5-6-11-19(18)27-20/h2-6,8-11,17,26H,7,12-15H2,1H3,(H2,22,23,24). The lowest BCUT2D eigenvalue weighted by molar-refractivity contribution is 0.265. The summed E-state index contributed by atoms with van der Waals surface area (Å²) in [6, 6.07) is 18.3. The molecule has 3 rings (SSSR count). The molecule has 0 spiro atoms. The molecular formula is C21H26N4OS. The van der Waals surface area contributed by atoms with Crippen molar-refractivity contribution in [3.8, 4) is 0 Å². The van der Waals surface area contributed by atoms with Crippen LogP contribution in [0.25, 0.3) is 10.2 Å². The van der Waals surface area contributed by atoms with Crippen molar-refractivity contribution in [1.29, 1.82) is 0 Å². The van der Waals surface area contributed by atoms with E-state index >= 15 is 0 Å². The molecule has 3 N–H and O–H groups in total. The van der Waals surface area contributed by atoms with Crippen LogP contribution in [0.5, 0.6) is 0 Å². The van der Waals surface area contributed by atoms with Gasteiger partial charge in [0, 0.05) is 32.5 Å². The van der Waals surface area contributed by atoms with Crippen molar-refractivity contribution in [2.45, 2.75) is 18.8 Å². The summed E-state index contributed by atoms with van der Waals surface area (Å²) in [6.45, 7) is 1.56. The molecule has 1 atom stereocenters. The number of nitrogens with one attached hydrogen (secondary N) is 2. The van der Waals surface area contributed by atoms with Crippen molar-refractivity contribution >= 4 is 27.5 Å². The second-order valence-electron chi connectivity index (χ2n) is 6.35. The van der Waals surface area contributed by atoms with Crippen molar-refractivity contribution in [3.05, 3.63) is 65.2 Å². The molecule has 0 amide bonds. The molecule has 1 unspecified atom stereocenters. The van der Waals surface area contributed by atoms with Gasteiger partial charge in [-0.15, -0.1) is 11.3 Å². The molecule has 6 heteroatoms. The van der Waals surface area contributed by atoms with Crippen LogP contribution in [-0.2, 0) is 6.42 Å². The summed E-state index contributed by atoms with van der Waals surface area (Å²) in [6.07, 6.45) is 1.94. The van der Waals surface area contributed by atoms with E-state index in [1.54, 1.807) is 18.4 Å². The topological polar surface area (TPSA) is 69.5 Å². The molecule has 3 aromatic rings. The summed E-state index contributed by atoms with van der Waals surface area (Å²) in [5.74, 6) is 0.807. The third kappa shape index (κ3) is 5.52. The summed E-state index contributed by atoms with van der Waals surface area (Å²) >= 11 is 1.76. The van der Waals surface area contributed by atoms with E-state index in [4.69, 9.17) is 0 Å². The van der Waals surface area contributed by atoms with Crippen molar-refractivity contribution in [2.75, 3.05) is 26.7 Å². The van der Waals surface area contributed by atoms with E-state index in [-0.39, 0.29) is 12.5 Å². The monoisotopic (exact) mass is 382 g/mol. The Hall–Kier alpha value is -2.44. The van der Waals surface area contributed by atoms with Gasteiger partial charge in [-0.1, -0.05) is 42.5 Å². The van der Waals surface area contributed by atoms with Crippen LogP contribution < -0.4 is 10.6 Å². The van der Waals surface area contributed by atoms with E-state index in [9.17, 15) is 5.11 Å². The second-order valence-corrected chi connectivity index (χ2v) is 7.46. The third-order valence-corrected chi connectivity index (χ3v) is 5.53. The SMILES string of the molecule is CN=C(NCCCc1nc2ccccc2s1)NCC(CO)c1ccccc1. The maximum absolute atomic E-state index is 9.66. The normalized spacial score (nSPS) is 12.9. The number of guanidine groups is 1. The smallest absolute Gasteiger partial charge is 0.190 e. The number of fused-ring (bicyclic) bond motifs is 1. The van der Waals surface area contributed by atoms with Crippen molar-refractivity contribution in [1.82, 2.24) is 15.6 Å². The average Bonchev–Trinajstić information content (AvgIpc) is 3.13. The molecule has 0 aliphatic carbocycles. The Balaban J connectivity index is 1.42. The maximum Gasteiger partial charge on any atom is 0.190 e. The highest BCUT2D eigenvalue weighted by atomic mass is 32.1. The number of hydrogen-bond donors (Lipinski definition) is 3.